The van der Waals surface area contributed by atoms with Crippen molar-refractivity contribution in [3.05, 3.63) is 35.4 Å². The molecule has 0 heterocycles. The van der Waals surface area contributed by atoms with Gasteiger partial charge in [0.1, 0.15) is 5.60 Å². The van der Waals surface area contributed by atoms with Gasteiger partial charge < -0.3 is 9.84 Å². The van der Waals surface area contributed by atoms with Gasteiger partial charge in [-0.2, -0.15) is 0 Å². The Morgan fingerprint density at radius 1 is 1.47 bits per heavy atom. The van der Waals surface area contributed by atoms with Crippen LogP contribution in [-0.2, 0) is 11.2 Å². The van der Waals surface area contributed by atoms with Crippen molar-refractivity contribution in [2.45, 2.75) is 57.5 Å². The van der Waals surface area contributed by atoms with E-state index in [2.05, 4.69) is 31.2 Å². The van der Waals surface area contributed by atoms with E-state index in [4.69, 9.17) is 9.84 Å². The molecule has 1 aliphatic carbocycles. The van der Waals surface area contributed by atoms with Crippen LogP contribution in [0.2, 0.25) is 0 Å². The monoisotopic (exact) mass is 262 g/mol. The van der Waals surface area contributed by atoms with Crippen molar-refractivity contribution in [3.63, 3.8) is 0 Å². The largest absolute Gasteiger partial charge is 0.506 e. The van der Waals surface area contributed by atoms with E-state index in [0.717, 1.165) is 32.1 Å². The molecule has 2 unspecified atom stereocenters. The molecule has 1 fully saturated rings. The lowest BCUT2D eigenvalue weighted by atomic mass is 9.72. The first kappa shape index (κ1) is 13.9. The Morgan fingerprint density at radius 3 is 2.95 bits per heavy atom. The molecule has 1 N–H and O–H groups in total. The van der Waals surface area contributed by atoms with Crippen molar-refractivity contribution in [3.8, 4) is 0 Å². The Labute approximate surface area is 114 Å². The van der Waals surface area contributed by atoms with E-state index in [-0.39, 0.29) is 5.92 Å². The van der Waals surface area contributed by atoms with Gasteiger partial charge in [-0.05, 0) is 43.7 Å². The fraction of sp³-hybridized carbons (Fsp3) is 0.562. The summed E-state index contributed by atoms with van der Waals surface area (Å²) in [6.45, 7) is 4.07. The molecule has 19 heavy (non-hydrogen) atoms. The molecule has 1 aliphatic rings. The molecule has 1 saturated carbocycles. The van der Waals surface area contributed by atoms with Gasteiger partial charge in [-0.1, -0.05) is 37.6 Å². The van der Waals surface area contributed by atoms with E-state index < -0.39 is 11.8 Å². The van der Waals surface area contributed by atoms with Crippen LogP contribution >= 0.6 is 0 Å². The Hall–Kier alpha value is -1.51. The number of ether oxygens (including phenoxy) is 1. The molecule has 0 saturated heterocycles. The maximum atomic E-state index is 11.0. The van der Waals surface area contributed by atoms with Gasteiger partial charge in [0.25, 0.3) is 0 Å². The molecular formula is C16H22O3. The summed E-state index contributed by atoms with van der Waals surface area (Å²) in [5, 5.41) is 8.97. The zero-order valence-electron chi connectivity index (χ0n) is 11.7. The van der Waals surface area contributed by atoms with Crippen LogP contribution in [0, 0.1) is 0 Å². The van der Waals surface area contributed by atoms with Gasteiger partial charge in [-0.15, -0.1) is 0 Å². The highest BCUT2D eigenvalue weighted by Gasteiger charge is 2.41. The lowest BCUT2D eigenvalue weighted by Gasteiger charge is -2.40. The van der Waals surface area contributed by atoms with Gasteiger partial charge >= 0.3 is 6.16 Å². The third-order valence-electron chi connectivity index (χ3n) is 4.24. The summed E-state index contributed by atoms with van der Waals surface area (Å²) in [6.07, 6.45) is 3.81. The van der Waals surface area contributed by atoms with E-state index >= 15 is 0 Å². The molecule has 3 nitrogen and oxygen atoms in total. The van der Waals surface area contributed by atoms with Crippen molar-refractivity contribution in [2.75, 3.05) is 0 Å². The minimum atomic E-state index is -1.17. The molecule has 0 radical (unpaired) electrons. The quantitative estimate of drug-likeness (QED) is 0.823. The summed E-state index contributed by atoms with van der Waals surface area (Å²) in [5.74, 6) is 0.170. The number of rotatable bonds is 3. The van der Waals surface area contributed by atoms with E-state index in [1.807, 2.05) is 6.92 Å². The summed E-state index contributed by atoms with van der Waals surface area (Å²) < 4.78 is 5.24. The van der Waals surface area contributed by atoms with E-state index in [0.29, 0.717) is 0 Å². The molecule has 0 aliphatic heterocycles. The second-order valence-corrected chi connectivity index (χ2v) is 5.58. The second kappa shape index (κ2) is 5.64. The maximum Gasteiger partial charge on any atom is 0.506 e. The van der Waals surface area contributed by atoms with Crippen molar-refractivity contribution < 1.29 is 14.6 Å². The molecule has 0 amide bonds. The van der Waals surface area contributed by atoms with Crippen molar-refractivity contribution in [1.29, 1.82) is 0 Å². The van der Waals surface area contributed by atoms with Crippen molar-refractivity contribution >= 4 is 6.16 Å². The second-order valence-electron chi connectivity index (χ2n) is 5.58. The van der Waals surface area contributed by atoms with Gasteiger partial charge in [0, 0.05) is 5.92 Å². The van der Waals surface area contributed by atoms with Crippen LogP contribution in [0.4, 0.5) is 4.79 Å². The smallest absolute Gasteiger partial charge is 0.450 e. The van der Waals surface area contributed by atoms with E-state index in [1.165, 1.54) is 11.1 Å². The highest BCUT2D eigenvalue weighted by atomic mass is 16.7. The summed E-state index contributed by atoms with van der Waals surface area (Å²) in [6, 6.07) is 8.46. The number of hydrogen-bond donors (Lipinski definition) is 1. The fourth-order valence-electron chi connectivity index (χ4n) is 3.17. The predicted octanol–water partition coefficient (Wildman–Crippen LogP) is 4.36. The maximum absolute atomic E-state index is 11.0. The topological polar surface area (TPSA) is 46.5 Å². The SMILES string of the molecule is CCc1cccc(C2CCCCC2(C)OC(=O)O)c1. The first-order valence-corrected chi connectivity index (χ1v) is 7.06. The molecule has 1 aromatic rings. The highest BCUT2D eigenvalue weighted by Crippen LogP contribution is 2.43. The van der Waals surface area contributed by atoms with E-state index in [9.17, 15) is 4.79 Å². The molecule has 2 atom stereocenters. The summed E-state index contributed by atoms with van der Waals surface area (Å²) in [7, 11) is 0. The minimum absolute atomic E-state index is 0.170. The average molecular weight is 262 g/mol. The number of hydrogen-bond acceptors (Lipinski definition) is 2. The van der Waals surface area contributed by atoms with Crippen LogP contribution in [0.15, 0.2) is 24.3 Å². The number of carbonyl (C=O) groups is 1. The summed E-state index contributed by atoms with van der Waals surface area (Å²) in [5.41, 5.74) is 1.92. The van der Waals surface area contributed by atoms with Gasteiger partial charge in [-0.3, -0.25) is 0 Å². The molecule has 1 aromatic carbocycles. The standard InChI is InChI=1S/C16H22O3/c1-3-12-7-6-8-13(11-12)14-9-4-5-10-16(14,2)19-15(17)18/h6-8,11,14H,3-5,9-10H2,1-2H3,(H,17,18). The molecule has 104 valence electrons. The molecule has 0 bridgehead atoms. The zero-order valence-corrected chi connectivity index (χ0v) is 11.7. The van der Waals surface area contributed by atoms with Crippen LogP contribution < -0.4 is 0 Å². The van der Waals surface area contributed by atoms with Gasteiger partial charge in [0.2, 0.25) is 0 Å². The average Bonchev–Trinajstić information content (AvgIpc) is 2.38. The van der Waals surface area contributed by atoms with Crippen LogP contribution in [0.3, 0.4) is 0 Å². The third kappa shape index (κ3) is 3.09. The highest BCUT2D eigenvalue weighted by molar-refractivity contribution is 5.58. The van der Waals surface area contributed by atoms with Gasteiger partial charge in [0.15, 0.2) is 0 Å². The van der Waals surface area contributed by atoms with Crippen molar-refractivity contribution in [1.82, 2.24) is 0 Å². The molecule has 3 heteroatoms. The van der Waals surface area contributed by atoms with Crippen molar-refractivity contribution in [2.24, 2.45) is 0 Å². The Kier molecular flexibility index (Phi) is 4.13. The first-order chi connectivity index (χ1) is 9.05. The molecule has 0 spiro atoms. The third-order valence-corrected chi connectivity index (χ3v) is 4.24. The van der Waals surface area contributed by atoms with Crippen LogP contribution in [0.25, 0.3) is 0 Å². The number of aryl methyl sites for hydroxylation is 1. The normalized spacial score (nSPS) is 26.9. The molecule has 2 rings (SSSR count). The lowest BCUT2D eigenvalue weighted by Crippen LogP contribution is -2.40. The first-order valence-electron chi connectivity index (χ1n) is 7.06. The van der Waals surface area contributed by atoms with Crippen LogP contribution in [0.5, 0.6) is 0 Å². The lowest BCUT2D eigenvalue weighted by molar-refractivity contribution is -0.0433. The Balaban J connectivity index is 2.30. The van der Waals surface area contributed by atoms with E-state index in [1.54, 1.807) is 0 Å². The fourth-order valence-corrected chi connectivity index (χ4v) is 3.17. The summed E-state index contributed by atoms with van der Waals surface area (Å²) >= 11 is 0. The Morgan fingerprint density at radius 2 is 2.26 bits per heavy atom. The zero-order chi connectivity index (χ0) is 13.9. The van der Waals surface area contributed by atoms with Crippen LogP contribution in [0.1, 0.15) is 56.6 Å². The molecule has 0 aromatic heterocycles. The van der Waals surface area contributed by atoms with Gasteiger partial charge in [0.05, 0.1) is 0 Å². The van der Waals surface area contributed by atoms with Crippen LogP contribution in [-0.4, -0.2) is 16.9 Å². The van der Waals surface area contributed by atoms with Gasteiger partial charge in [-0.25, -0.2) is 4.79 Å². The molecular weight excluding hydrogens is 240 g/mol. The predicted molar refractivity (Wildman–Crippen MR) is 74.5 cm³/mol. The summed E-state index contributed by atoms with van der Waals surface area (Å²) in [4.78, 5) is 11.0. The number of benzene rings is 1. The minimum Gasteiger partial charge on any atom is -0.450 e. The Bertz CT molecular complexity index is 455. The number of carboxylic acid groups (broad SMARTS) is 1.